The lowest BCUT2D eigenvalue weighted by Crippen LogP contribution is -2.11. The lowest BCUT2D eigenvalue weighted by Gasteiger charge is -2.09. The van der Waals surface area contributed by atoms with Gasteiger partial charge in [0.1, 0.15) is 6.33 Å². The number of unbranched alkanes of at least 4 members (excludes halogenated alkanes) is 1. The summed E-state index contributed by atoms with van der Waals surface area (Å²) in [6.07, 6.45) is 4.74. The summed E-state index contributed by atoms with van der Waals surface area (Å²) in [5, 5.41) is 15.3. The second kappa shape index (κ2) is 8.26. The minimum absolute atomic E-state index is 0.0267. The van der Waals surface area contributed by atoms with E-state index >= 15 is 0 Å². The molecule has 7 nitrogen and oxygen atoms in total. The Morgan fingerprint density at radius 3 is 2.86 bits per heavy atom. The highest BCUT2D eigenvalue weighted by Gasteiger charge is 2.08. The largest absolute Gasteiger partial charge is 0.326 e. The Bertz CT molecular complexity index is 1060. The van der Waals surface area contributed by atoms with Gasteiger partial charge in [0.05, 0.1) is 20.9 Å². The van der Waals surface area contributed by atoms with Gasteiger partial charge in [0.2, 0.25) is 5.91 Å². The third kappa shape index (κ3) is 4.23. The summed E-state index contributed by atoms with van der Waals surface area (Å²) >= 11 is 1.73. The van der Waals surface area contributed by atoms with Crippen molar-refractivity contribution in [3.8, 4) is 5.69 Å². The first-order valence-electron chi connectivity index (χ1n) is 9.17. The minimum Gasteiger partial charge on any atom is -0.326 e. The number of thiazole rings is 1. The predicted molar refractivity (Wildman–Crippen MR) is 110 cm³/mol. The molecule has 4 rings (SSSR count). The Kier molecular flexibility index (Phi) is 5.38. The second-order valence-electron chi connectivity index (χ2n) is 6.59. The van der Waals surface area contributed by atoms with E-state index in [-0.39, 0.29) is 5.91 Å². The molecule has 0 fully saturated rings. The van der Waals surface area contributed by atoms with E-state index in [0.29, 0.717) is 6.42 Å². The van der Waals surface area contributed by atoms with E-state index in [0.717, 1.165) is 46.7 Å². The predicted octanol–water partition coefficient (Wildman–Crippen LogP) is 3.93. The van der Waals surface area contributed by atoms with Gasteiger partial charge in [0, 0.05) is 12.1 Å². The van der Waals surface area contributed by atoms with Gasteiger partial charge in [0.25, 0.3) is 0 Å². The average Bonchev–Trinajstić information content (AvgIpc) is 3.35. The van der Waals surface area contributed by atoms with Gasteiger partial charge in [-0.05, 0) is 72.5 Å². The van der Waals surface area contributed by atoms with Crippen LogP contribution in [0.2, 0.25) is 0 Å². The molecule has 1 amide bonds. The van der Waals surface area contributed by atoms with Crippen molar-refractivity contribution in [1.29, 1.82) is 0 Å². The molecule has 142 valence electrons. The highest BCUT2D eigenvalue weighted by atomic mass is 32.1. The summed E-state index contributed by atoms with van der Waals surface area (Å²) in [7, 11) is 0. The number of hydrogen-bond donors (Lipinski definition) is 1. The zero-order chi connectivity index (χ0) is 19.3. The molecular formula is C20H20N6OS. The molecule has 1 N–H and O–H groups in total. The van der Waals surface area contributed by atoms with Crippen LogP contribution in [0.15, 0.2) is 48.8 Å². The van der Waals surface area contributed by atoms with Gasteiger partial charge >= 0.3 is 0 Å². The van der Waals surface area contributed by atoms with Crippen LogP contribution in [0.1, 0.15) is 29.8 Å². The molecule has 0 bridgehead atoms. The number of benzene rings is 2. The molecule has 0 unspecified atom stereocenters. The summed E-state index contributed by atoms with van der Waals surface area (Å²) < 4.78 is 2.82. The number of fused-ring (bicyclic) bond motifs is 1. The van der Waals surface area contributed by atoms with Crippen molar-refractivity contribution < 1.29 is 4.79 Å². The van der Waals surface area contributed by atoms with Crippen LogP contribution in [-0.4, -0.2) is 31.1 Å². The first-order chi connectivity index (χ1) is 13.7. The number of anilines is 1. The number of aromatic nitrogens is 5. The van der Waals surface area contributed by atoms with Crippen molar-refractivity contribution >= 4 is 33.1 Å². The standard InChI is InChI=1S/C20H20N6OS/c1-14-12-15(10-11-17(14)26-13-21-24-25-26)22-19(27)8-4-5-9-20-23-16-6-2-3-7-18(16)28-20/h2-3,6-7,10-13H,4-5,8-9H2,1H3,(H,22,27). The summed E-state index contributed by atoms with van der Waals surface area (Å²) in [4.78, 5) is 16.9. The molecule has 2 heterocycles. The molecule has 28 heavy (non-hydrogen) atoms. The highest BCUT2D eigenvalue weighted by Crippen LogP contribution is 2.23. The molecule has 0 aliphatic rings. The number of carbonyl (C=O) groups excluding carboxylic acids is 1. The lowest BCUT2D eigenvalue weighted by molar-refractivity contribution is -0.116. The quantitative estimate of drug-likeness (QED) is 0.482. The maximum Gasteiger partial charge on any atom is 0.224 e. The van der Waals surface area contributed by atoms with E-state index in [9.17, 15) is 4.79 Å². The van der Waals surface area contributed by atoms with E-state index in [1.807, 2.05) is 43.3 Å². The molecule has 0 saturated heterocycles. The molecule has 8 heteroatoms. The van der Waals surface area contributed by atoms with Gasteiger partial charge in [0.15, 0.2) is 0 Å². The number of para-hydroxylation sites is 1. The van der Waals surface area contributed by atoms with Crippen LogP contribution >= 0.6 is 11.3 Å². The number of nitrogens with zero attached hydrogens (tertiary/aromatic N) is 5. The Morgan fingerprint density at radius 1 is 1.18 bits per heavy atom. The molecule has 0 aliphatic heterocycles. The minimum atomic E-state index is 0.0267. The maximum atomic E-state index is 12.2. The van der Waals surface area contributed by atoms with Crippen LogP contribution in [0, 0.1) is 6.92 Å². The van der Waals surface area contributed by atoms with Crippen LogP contribution in [0.25, 0.3) is 15.9 Å². The summed E-state index contributed by atoms with van der Waals surface area (Å²) in [6, 6.07) is 13.9. The Balaban J connectivity index is 1.26. The molecule has 2 aromatic heterocycles. The first-order valence-corrected chi connectivity index (χ1v) is 9.99. The van der Waals surface area contributed by atoms with Crippen LogP contribution in [0.3, 0.4) is 0 Å². The highest BCUT2D eigenvalue weighted by molar-refractivity contribution is 7.18. The van der Waals surface area contributed by atoms with E-state index in [4.69, 9.17) is 0 Å². The van der Waals surface area contributed by atoms with Crippen molar-refractivity contribution in [2.75, 3.05) is 5.32 Å². The smallest absolute Gasteiger partial charge is 0.224 e. The molecule has 0 radical (unpaired) electrons. The number of aryl methyl sites for hydroxylation is 2. The normalized spacial score (nSPS) is 11.0. The number of nitrogens with one attached hydrogen (secondary N) is 1. The summed E-state index contributed by atoms with van der Waals surface area (Å²) in [5.74, 6) is 0.0267. The number of hydrogen-bond acceptors (Lipinski definition) is 6. The number of rotatable bonds is 7. The van der Waals surface area contributed by atoms with E-state index in [2.05, 4.69) is 31.9 Å². The number of carbonyl (C=O) groups is 1. The fourth-order valence-corrected chi connectivity index (χ4v) is 4.08. The fraction of sp³-hybridized carbons (Fsp3) is 0.250. The Hall–Kier alpha value is -3.13. The molecule has 4 aromatic rings. The summed E-state index contributed by atoms with van der Waals surface area (Å²) in [6.45, 7) is 1.96. The number of tetrazole rings is 1. The maximum absolute atomic E-state index is 12.2. The van der Waals surface area contributed by atoms with Crippen LogP contribution in [0.5, 0.6) is 0 Å². The zero-order valence-electron chi connectivity index (χ0n) is 15.5. The van der Waals surface area contributed by atoms with E-state index in [1.54, 1.807) is 22.3 Å². The molecule has 0 aliphatic carbocycles. The lowest BCUT2D eigenvalue weighted by atomic mass is 10.1. The van der Waals surface area contributed by atoms with E-state index in [1.165, 1.54) is 4.70 Å². The van der Waals surface area contributed by atoms with Crippen LogP contribution < -0.4 is 5.32 Å². The van der Waals surface area contributed by atoms with Crippen molar-refractivity contribution in [3.05, 3.63) is 59.4 Å². The summed E-state index contributed by atoms with van der Waals surface area (Å²) in [5.41, 5.74) is 3.71. The molecule has 0 saturated carbocycles. The molecule has 0 spiro atoms. The van der Waals surface area contributed by atoms with Gasteiger partial charge in [-0.3, -0.25) is 4.79 Å². The van der Waals surface area contributed by atoms with Gasteiger partial charge in [-0.1, -0.05) is 12.1 Å². The third-order valence-corrected chi connectivity index (χ3v) is 5.56. The molecule has 2 aromatic carbocycles. The SMILES string of the molecule is Cc1cc(NC(=O)CCCCc2nc3ccccc3s2)ccc1-n1cnnn1. The topological polar surface area (TPSA) is 85.6 Å². The van der Waals surface area contributed by atoms with Crippen molar-refractivity contribution in [2.24, 2.45) is 0 Å². The van der Waals surface area contributed by atoms with Crippen molar-refractivity contribution in [3.63, 3.8) is 0 Å². The average molecular weight is 392 g/mol. The van der Waals surface area contributed by atoms with Gasteiger partial charge in [-0.2, -0.15) is 0 Å². The van der Waals surface area contributed by atoms with Gasteiger partial charge in [-0.15, -0.1) is 16.4 Å². The van der Waals surface area contributed by atoms with Crippen LogP contribution in [-0.2, 0) is 11.2 Å². The monoisotopic (exact) mass is 392 g/mol. The fourth-order valence-electron chi connectivity index (χ4n) is 3.07. The Morgan fingerprint density at radius 2 is 2.07 bits per heavy atom. The van der Waals surface area contributed by atoms with Gasteiger partial charge in [-0.25, -0.2) is 9.67 Å². The molecule has 0 atom stereocenters. The van der Waals surface area contributed by atoms with Crippen molar-refractivity contribution in [1.82, 2.24) is 25.2 Å². The number of amides is 1. The molecular weight excluding hydrogens is 372 g/mol. The third-order valence-electron chi connectivity index (χ3n) is 4.46. The van der Waals surface area contributed by atoms with Crippen LogP contribution in [0.4, 0.5) is 5.69 Å². The van der Waals surface area contributed by atoms with E-state index < -0.39 is 0 Å². The second-order valence-corrected chi connectivity index (χ2v) is 7.70. The first kappa shape index (κ1) is 18.2. The Labute approximate surface area is 166 Å². The zero-order valence-corrected chi connectivity index (χ0v) is 16.3. The van der Waals surface area contributed by atoms with Gasteiger partial charge < -0.3 is 5.32 Å². The van der Waals surface area contributed by atoms with Crippen molar-refractivity contribution in [2.45, 2.75) is 32.6 Å².